The summed E-state index contributed by atoms with van der Waals surface area (Å²) in [7, 11) is 0. The van der Waals surface area contributed by atoms with E-state index in [0.29, 0.717) is 6.07 Å². The molecule has 0 aliphatic carbocycles. The molecule has 22 heavy (non-hydrogen) atoms. The second kappa shape index (κ2) is 5.84. The van der Waals surface area contributed by atoms with Crippen molar-refractivity contribution in [1.29, 1.82) is 0 Å². The third-order valence-corrected chi connectivity index (χ3v) is 3.12. The van der Waals surface area contributed by atoms with Crippen molar-refractivity contribution in [3.63, 3.8) is 0 Å². The zero-order chi connectivity index (χ0) is 16.5. The molecule has 118 valence electrons. The summed E-state index contributed by atoms with van der Waals surface area (Å²) in [4.78, 5) is 21.5. The van der Waals surface area contributed by atoms with Crippen molar-refractivity contribution in [1.82, 2.24) is 0 Å². The predicted octanol–water partition coefficient (Wildman–Crippen LogP) is 3.20. The Morgan fingerprint density at radius 1 is 1.45 bits per heavy atom. The number of halogens is 4. The SMILES string of the molecule is O=C(Nc1cc(C(F)(F)F)ccc1Cl)C1CC=C([N+](=O)[O-])O1. The highest BCUT2D eigenvalue weighted by molar-refractivity contribution is 6.33. The summed E-state index contributed by atoms with van der Waals surface area (Å²) in [6, 6.07) is 2.45. The van der Waals surface area contributed by atoms with Crippen LogP contribution in [0.5, 0.6) is 0 Å². The van der Waals surface area contributed by atoms with Crippen molar-refractivity contribution in [3.05, 3.63) is 50.9 Å². The molecular weight excluding hydrogens is 329 g/mol. The van der Waals surface area contributed by atoms with E-state index in [0.717, 1.165) is 18.2 Å². The van der Waals surface area contributed by atoms with Crippen molar-refractivity contribution in [2.75, 3.05) is 5.32 Å². The van der Waals surface area contributed by atoms with Gasteiger partial charge in [0.1, 0.15) is 4.92 Å². The lowest BCUT2D eigenvalue weighted by Crippen LogP contribution is -2.28. The zero-order valence-corrected chi connectivity index (χ0v) is 11.4. The summed E-state index contributed by atoms with van der Waals surface area (Å²) in [6.07, 6.45) is -4.73. The molecule has 0 saturated carbocycles. The molecule has 0 aromatic heterocycles. The van der Waals surface area contributed by atoms with Crippen LogP contribution >= 0.6 is 11.6 Å². The van der Waals surface area contributed by atoms with Crippen LogP contribution in [0.15, 0.2) is 30.2 Å². The lowest BCUT2D eigenvalue weighted by molar-refractivity contribution is -0.462. The number of nitrogens with zero attached hydrogens (tertiary/aromatic N) is 1. The molecule has 2 rings (SSSR count). The van der Waals surface area contributed by atoms with E-state index < -0.39 is 34.6 Å². The average Bonchev–Trinajstić information content (AvgIpc) is 2.89. The molecule has 10 heteroatoms. The highest BCUT2D eigenvalue weighted by Crippen LogP contribution is 2.34. The van der Waals surface area contributed by atoms with E-state index in [4.69, 9.17) is 16.3 Å². The van der Waals surface area contributed by atoms with Crippen LogP contribution in [0.3, 0.4) is 0 Å². The average molecular weight is 337 g/mol. The molecule has 6 nitrogen and oxygen atoms in total. The van der Waals surface area contributed by atoms with Gasteiger partial charge in [0.2, 0.25) is 0 Å². The van der Waals surface area contributed by atoms with Gasteiger partial charge in [-0.05, 0) is 18.2 Å². The number of ether oxygens (including phenoxy) is 1. The Morgan fingerprint density at radius 2 is 2.14 bits per heavy atom. The fraction of sp³-hybridized carbons (Fsp3) is 0.250. The van der Waals surface area contributed by atoms with Gasteiger partial charge in [0.05, 0.1) is 16.3 Å². The molecule has 0 fully saturated rings. The maximum atomic E-state index is 12.6. The third kappa shape index (κ3) is 3.48. The quantitative estimate of drug-likeness (QED) is 0.679. The Bertz CT molecular complexity index is 660. The van der Waals surface area contributed by atoms with E-state index >= 15 is 0 Å². The Labute approximate surface area is 126 Å². The molecular formula is C12H8ClF3N2O4. The second-order valence-corrected chi connectivity index (χ2v) is 4.73. The summed E-state index contributed by atoms with van der Waals surface area (Å²) in [5.74, 6) is -1.40. The topological polar surface area (TPSA) is 81.5 Å². The van der Waals surface area contributed by atoms with Crippen molar-refractivity contribution >= 4 is 23.2 Å². The van der Waals surface area contributed by atoms with E-state index in [2.05, 4.69) is 5.32 Å². The number of nitrogens with one attached hydrogen (secondary N) is 1. The lowest BCUT2D eigenvalue weighted by Gasteiger charge is -2.14. The fourth-order valence-corrected chi connectivity index (χ4v) is 1.90. The maximum absolute atomic E-state index is 12.6. The first kappa shape index (κ1) is 16.1. The van der Waals surface area contributed by atoms with Gasteiger partial charge in [-0.15, -0.1) is 0 Å². The molecule has 0 radical (unpaired) electrons. The second-order valence-electron chi connectivity index (χ2n) is 4.32. The van der Waals surface area contributed by atoms with Crippen molar-refractivity contribution in [2.24, 2.45) is 0 Å². The molecule has 1 heterocycles. The van der Waals surface area contributed by atoms with Crippen LogP contribution in [0.25, 0.3) is 0 Å². The van der Waals surface area contributed by atoms with Crippen LogP contribution in [0.4, 0.5) is 18.9 Å². The van der Waals surface area contributed by atoms with Gasteiger partial charge >= 0.3 is 12.1 Å². The fourth-order valence-electron chi connectivity index (χ4n) is 1.74. The van der Waals surface area contributed by atoms with Gasteiger partial charge in [0, 0.05) is 12.5 Å². The van der Waals surface area contributed by atoms with E-state index in [1.54, 1.807) is 0 Å². The van der Waals surface area contributed by atoms with E-state index in [1.807, 2.05) is 0 Å². The van der Waals surface area contributed by atoms with Gasteiger partial charge in [-0.1, -0.05) is 11.6 Å². The summed E-state index contributed by atoms with van der Waals surface area (Å²) >= 11 is 5.73. The van der Waals surface area contributed by atoms with Crippen LogP contribution in [0.1, 0.15) is 12.0 Å². The van der Waals surface area contributed by atoms with Crippen molar-refractivity contribution in [2.45, 2.75) is 18.7 Å². The van der Waals surface area contributed by atoms with Gasteiger partial charge in [-0.25, -0.2) is 0 Å². The molecule has 0 saturated heterocycles. The number of benzene rings is 1. The molecule has 1 aromatic rings. The molecule has 1 unspecified atom stereocenters. The molecule has 1 aliphatic rings. The van der Waals surface area contributed by atoms with Gasteiger partial charge in [0.15, 0.2) is 6.10 Å². The maximum Gasteiger partial charge on any atom is 0.424 e. The van der Waals surface area contributed by atoms with Gasteiger partial charge in [-0.2, -0.15) is 13.2 Å². The van der Waals surface area contributed by atoms with Gasteiger partial charge in [-0.3, -0.25) is 14.9 Å². The van der Waals surface area contributed by atoms with Crippen LogP contribution in [0, 0.1) is 10.1 Å². The summed E-state index contributed by atoms with van der Waals surface area (Å²) in [5.41, 5.74) is -1.23. The molecule has 1 aliphatic heterocycles. The van der Waals surface area contributed by atoms with E-state index in [1.165, 1.54) is 0 Å². The standard InChI is InChI=1S/C12H8ClF3N2O4/c13-7-2-1-6(12(14,15)16)5-8(7)17-11(19)9-3-4-10(22-9)18(20)21/h1-2,4-5,9H,3H2,(H,17,19). The summed E-state index contributed by atoms with van der Waals surface area (Å²) in [6.45, 7) is 0. The number of carbonyl (C=O) groups is 1. The molecule has 1 amide bonds. The number of alkyl halides is 3. The van der Waals surface area contributed by atoms with E-state index in [-0.39, 0.29) is 17.1 Å². The molecule has 0 bridgehead atoms. The minimum absolute atomic E-state index is 0.0568. The number of carbonyl (C=O) groups excluding carboxylic acids is 1. The van der Waals surface area contributed by atoms with Crippen LogP contribution in [0.2, 0.25) is 5.02 Å². The third-order valence-electron chi connectivity index (χ3n) is 2.79. The minimum atomic E-state index is -4.59. The first-order valence-corrected chi connectivity index (χ1v) is 6.25. The van der Waals surface area contributed by atoms with Crippen LogP contribution in [-0.4, -0.2) is 16.9 Å². The first-order chi connectivity index (χ1) is 10.2. The van der Waals surface area contributed by atoms with Crippen molar-refractivity contribution < 1.29 is 27.6 Å². The minimum Gasteiger partial charge on any atom is -0.427 e. The number of anilines is 1. The van der Waals surface area contributed by atoms with Gasteiger partial charge in [0.25, 0.3) is 5.91 Å². The smallest absolute Gasteiger partial charge is 0.424 e. The zero-order valence-electron chi connectivity index (χ0n) is 10.7. The normalized spacial score (nSPS) is 17.6. The number of nitro groups is 1. The predicted molar refractivity (Wildman–Crippen MR) is 69.7 cm³/mol. The Balaban J connectivity index is 2.11. The molecule has 1 aromatic carbocycles. The number of hydrogen-bond acceptors (Lipinski definition) is 4. The summed E-state index contributed by atoms with van der Waals surface area (Å²) in [5, 5.41) is 12.5. The molecule has 0 spiro atoms. The number of amides is 1. The van der Waals surface area contributed by atoms with Gasteiger partial charge < -0.3 is 10.1 Å². The Morgan fingerprint density at radius 3 is 2.68 bits per heavy atom. The van der Waals surface area contributed by atoms with Crippen LogP contribution < -0.4 is 5.32 Å². The highest BCUT2D eigenvalue weighted by Gasteiger charge is 2.33. The van der Waals surface area contributed by atoms with E-state index in [9.17, 15) is 28.1 Å². The first-order valence-electron chi connectivity index (χ1n) is 5.87. The highest BCUT2D eigenvalue weighted by atomic mass is 35.5. The monoisotopic (exact) mass is 336 g/mol. The Hall–Kier alpha value is -2.29. The molecule has 1 atom stereocenters. The van der Waals surface area contributed by atoms with Crippen LogP contribution in [-0.2, 0) is 15.7 Å². The summed E-state index contributed by atoms with van der Waals surface area (Å²) < 4.78 is 42.6. The Kier molecular flexibility index (Phi) is 4.27. The molecule has 1 N–H and O–H groups in total. The van der Waals surface area contributed by atoms with Crippen molar-refractivity contribution in [3.8, 4) is 0 Å². The number of rotatable bonds is 3. The largest absolute Gasteiger partial charge is 0.427 e. The lowest BCUT2D eigenvalue weighted by atomic mass is 10.2. The number of hydrogen-bond donors (Lipinski definition) is 1.